The molecule has 148 valence electrons. The van der Waals surface area contributed by atoms with Gasteiger partial charge in [-0.3, -0.25) is 9.59 Å². The summed E-state index contributed by atoms with van der Waals surface area (Å²) in [6, 6.07) is -0.928. The first kappa shape index (κ1) is 22.4. The van der Waals surface area contributed by atoms with E-state index in [4.69, 9.17) is 20.6 Å². The number of rotatable bonds is 7. The maximum Gasteiger partial charge on any atom is 0.311 e. The number of unbranched alkanes of at least 4 members (excludes halogenated alkanes) is 1. The Hall–Kier alpha value is -1.66. The van der Waals surface area contributed by atoms with Crippen LogP contribution in [0.1, 0.15) is 40.5 Å². The van der Waals surface area contributed by atoms with Gasteiger partial charge in [0.05, 0.1) is 18.6 Å². The number of esters is 1. The van der Waals surface area contributed by atoms with E-state index in [9.17, 15) is 19.8 Å². The van der Waals surface area contributed by atoms with E-state index in [0.29, 0.717) is 12.8 Å². The fraction of sp³-hybridized carbons (Fsp3) is 0.778. The second-order valence-corrected chi connectivity index (χ2v) is 7.24. The molecule has 0 aromatic rings. The summed E-state index contributed by atoms with van der Waals surface area (Å²) in [5.74, 6) is 1.53. The largest absolute Gasteiger partial charge is 0.457 e. The predicted molar refractivity (Wildman–Crippen MR) is 92.7 cm³/mol. The molecule has 0 aromatic carbocycles. The van der Waals surface area contributed by atoms with Gasteiger partial charge in [0.25, 0.3) is 0 Å². The number of aliphatic hydroxyl groups is 2. The lowest BCUT2D eigenvalue weighted by Gasteiger charge is -2.44. The van der Waals surface area contributed by atoms with E-state index < -0.39 is 54.5 Å². The molecule has 1 aliphatic heterocycles. The molecule has 0 unspecified atom stereocenters. The van der Waals surface area contributed by atoms with Gasteiger partial charge in [-0.25, -0.2) is 0 Å². The van der Waals surface area contributed by atoms with Crippen LogP contribution in [-0.2, 0) is 23.8 Å². The van der Waals surface area contributed by atoms with Gasteiger partial charge in [0.15, 0.2) is 12.4 Å². The summed E-state index contributed by atoms with van der Waals surface area (Å²) in [6.07, 6.45) is 1.80. The van der Waals surface area contributed by atoms with E-state index in [1.54, 1.807) is 20.8 Å². The van der Waals surface area contributed by atoms with Crippen LogP contribution in [0.15, 0.2) is 0 Å². The third-order valence-corrected chi connectivity index (χ3v) is 3.83. The van der Waals surface area contributed by atoms with E-state index in [1.165, 1.54) is 6.92 Å². The average molecular weight is 371 g/mol. The van der Waals surface area contributed by atoms with Crippen molar-refractivity contribution < 1.29 is 34.0 Å². The van der Waals surface area contributed by atoms with Crippen molar-refractivity contribution in [2.75, 3.05) is 13.2 Å². The maximum absolute atomic E-state index is 12.3. The highest BCUT2D eigenvalue weighted by Crippen LogP contribution is 2.27. The van der Waals surface area contributed by atoms with Crippen LogP contribution < -0.4 is 5.32 Å². The Labute approximate surface area is 154 Å². The lowest BCUT2D eigenvalue weighted by atomic mass is 9.94. The van der Waals surface area contributed by atoms with E-state index in [1.807, 2.05) is 0 Å². The summed E-state index contributed by atoms with van der Waals surface area (Å²) in [7, 11) is 0. The number of carbonyl (C=O) groups is 2. The van der Waals surface area contributed by atoms with Gasteiger partial charge < -0.3 is 29.7 Å². The van der Waals surface area contributed by atoms with E-state index in [0.717, 1.165) is 0 Å². The molecular weight excluding hydrogens is 342 g/mol. The quantitative estimate of drug-likeness (QED) is 0.327. The number of ether oxygens (including phenoxy) is 3. The van der Waals surface area contributed by atoms with Gasteiger partial charge in [-0.1, -0.05) is 0 Å². The third-order valence-electron chi connectivity index (χ3n) is 3.83. The summed E-state index contributed by atoms with van der Waals surface area (Å²) in [5.41, 5.74) is -0.809. The second kappa shape index (κ2) is 9.88. The van der Waals surface area contributed by atoms with Gasteiger partial charge in [-0.05, 0) is 27.2 Å². The van der Waals surface area contributed by atoms with Crippen LogP contribution in [0.4, 0.5) is 0 Å². The zero-order valence-corrected chi connectivity index (χ0v) is 15.7. The Morgan fingerprint density at radius 2 is 2.00 bits per heavy atom. The van der Waals surface area contributed by atoms with Crippen LogP contribution >= 0.6 is 0 Å². The normalized spacial score (nSPS) is 28.9. The minimum atomic E-state index is -1.33. The van der Waals surface area contributed by atoms with Gasteiger partial charge >= 0.3 is 5.97 Å². The topological polar surface area (TPSA) is 114 Å². The van der Waals surface area contributed by atoms with Crippen molar-refractivity contribution >= 4 is 11.9 Å². The monoisotopic (exact) mass is 371 g/mol. The minimum absolute atomic E-state index is 0.249. The Morgan fingerprint density at radius 3 is 2.50 bits per heavy atom. The van der Waals surface area contributed by atoms with Crippen LogP contribution in [-0.4, -0.2) is 65.9 Å². The van der Waals surface area contributed by atoms with Crippen LogP contribution in [0, 0.1) is 17.8 Å². The van der Waals surface area contributed by atoms with Gasteiger partial charge in [-0.15, -0.1) is 12.3 Å². The molecule has 0 aliphatic carbocycles. The number of terminal acetylenes is 1. The highest BCUT2D eigenvalue weighted by atomic mass is 16.7. The van der Waals surface area contributed by atoms with Crippen LogP contribution in [0.5, 0.6) is 0 Å². The molecule has 1 heterocycles. The summed E-state index contributed by atoms with van der Waals surface area (Å²) in [6.45, 7) is 6.06. The number of hydrogen-bond acceptors (Lipinski definition) is 7. The third kappa shape index (κ3) is 6.25. The Kier molecular flexibility index (Phi) is 8.50. The van der Waals surface area contributed by atoms with Crippen LogP contribution in [0.2, 0.25) is 0 Å². The van der Waals surface area contributed by atoms with Crippen molar-refractivity contribution in [3.05, 3.63) is 0 Å². The molecule has 0 bridgehead atoms. The van der Waals surface area contributed by atoms with Gasteiger partial charge in [0.1, 0.15) is 18.2 Å². The molecule has 0 radical (unpaired) electrons. The molecule has 1 saturated heterocycles. The van der Waals surface area contributed by atoms with Crippen LogP contribution in [0.25, 0.3) is 0 Å². The van der Waals surface area contributed by atoms with Crippen molar-refractivity contribution in [2.45, 2.75) is 71.2 Å². The Bertz CT molecular complexity index is 523. The van der Waals surface area contributed by atoms with E-state index >= 15 is 0 Å². The molecule has 1 aliphatic rings. The number of amides is 1. The summed E-state index contributed by atoms with van der Waals surface area (Å²) in [5, 5.41) is 22.5. The molecule has 0 spiro atoms. The Balaban J connectivity index is 3.02. The molecule has 1 rings (SSSR count). The highest BCUT2D eigenvalue weighted by molar-refractivity contribution is 5.76. The molecule has 5 atom stereocenters. The zero-order valence-electron chi connectivity index (χ0n) is 15.7. The fourth-order valence-electron chi connectivity index (χ4n) is 2.41. The number of aliphatic hydroxyl groups excluding tert-OH is 2. The highest BCUT2D eigenvalue weighted by Gasteiger charge is 2.49. The molecule has 1 amide bonds. The van der Waals surface area contributed by atoms with Gasteiger partial charge in [0, 0.05) is 13.3 Å². The SMILES string of the molecule is C#CCCCO[C@@H]1O[C@H](CO)[C@H](O)[C@H](OC(=O)C(C)(C)C)[C@H]1NC(C)=O. The van der Waals surface area contributed by atoms with Crippen molar-refractivity contribution in [3.8, 4) is 12.3 Å². The molecule has 1 fully saturated rings. The summed E-state index contributed by atoms with van der Waals surface area (Å²) >= 11 is 0. The first-order valence-electron chi connectivity index (χ1n) is 8.59. The van der Waals surface area contributed by atoms with Crippen molar-refractivity contribution in [1.82, 2.24) is 5.32 Å². The number of carbonyl (C=O) groups excluding carboxylic acids is 2. The maximum atomic E-state index is 12.3. The van der Waals surface area contributed by atoms with Crippen molar-refractivity contribution in [1.29, 1.82) is 0 Å². The summed E-state index contributed by atoms with van der Waals surface area (Å²) in [4.78, 5) is 23.9. The lowest BCUT2D eigenvalue weighted by Crippen LogP contribution is -2.66. The smallest absolute Gasteiger partial charge is 0.311 e. The summed E-state index contributed by atoms with van der Waals surface area (Å²) < 4.78 is 16.7. The first-order valence-corrected chi connectivity index (χ1v) is 8.59. The lowest BCUT2D eigenvalue weighted by molar-refractivity contribution is -0.274. The molecule has 0 saturated carbocycles. The molecule has 0 aromatic heterocycles. The predicted octanol–water partition coefficient (Wildman–Crippen LogP) is -0.0429. The van der Waals surface area contributed by atoms with E-state index in [2.05, 4.69) is 11.2 Å². The van der Waals surface area contributed by atoms with Crippen LogP contribution in [0.3, 0.4) is 0 Å². The standard InChI is InChI=1S/C18H29NO7/c1-6-7-8-9-24-16-13(19-11(2)21)15(14(22)12(10-20)25-16)26-17(23)18(3,4)5/h1,12-16,20,22H,7-10H2,2-5H3,(H,19,21)/t12-,13-,14+,15-,16-/m1/s1. The Morgan fingerprint density at radius 1 is 1.35 bits per heavy atom. The van der Waals surface area contributed by atoms with E-state index in [-0.39, 0.29) is 6.61 Å². The van der Waals surface area contributed by atoms with Crippen molar-refractivity contribution in [3.63, 3.8) is 0 Å². The number of nitrogens with one attached hydrogen (secondary N) is 1. The van der Waals surface area contributed by atoms with Crippen molar-refractivity contribution in [2.24, 2.45) is 5.41 Å². The second-order valence-electron chi connectivity index (χ2n) is 7.24. The first-order chi connectivity index (χ1) is 12.1. The minimum Gasteiger partial charge on any atom is -0.457 e. The average Bonchev–Trinajstić information content (AvgIpc) is 2.55. The molecule has 8 heteroatoms. The zero-order chi connectivity index (χ0) is 19.9. The van der Waals surface area contributed by atoms with Gasteiger partial charge in [0.2, 0.25) is 5.91 Å². The molecule has 8 nitrogen and oxygen atoms in total. The fourth-order valence-corrected chi connectivity index (χ4v) is 2.41. The molecular formula is C18H29NO7. The molecule has 26 heavy (non-hydrogen) atoms. The van der Waals surface area contributed by atoms with Gasteiger partial charge in [-0.2, -0.15) is 0 Å². The number of hydrogen-bond donors (Lipinski definition) is 3. The molecule has 3 N–H and O–H groups in total.